The summed E-state index contributed by atoms with van der Waals surface area (Å²) in [5, 5.41) is 1.33. The standard InChI is InChI=1S/C12H15BN/c1-9-4-5-12-11(8-9)6-7-14(12)10(2)13-3/h4-8,10H,1-3H3. The molecule has 2 heteroatoms. The smallest absolute Gasteiger partial charge is 0.137 e. The Hall–Kier alpha value is -1.18. The Morgan fingerprint density at radius 2 is 2.07 bits per heavy atom. The molecule has 0 aliphatic carbocycles. The summed E-state index contributed by atoms with van der Waals surface area (Å²) in [6, 6.07) is 8.78. The third-order valence-electron chi connectivity index (χ3n) is 2.80. The number of hydrogen-bond acceptors (Lipinski definition) is 0. The van der Waals surface area contributed by atoms with Crippen molar-refractivity contribution >= 4 is 18.2 Å². The lowest BCUT2D eigenvalue weighted by atomic mass is 9.73. The first-order valence-electron chi connectivity index (χ1n) is 5.09. The van der Waals surface area contributed by atoms with Gasteiger partial charge in [-0.25, -0.2) is 0 Å². The number of hydrogen-bond donors (Lipinski definition) is 0. The SMILES string of the molecule is C[B]C(C)n1ccc2cc(C)ccc21. The molecule has 0 saturated carbocycles. The van der Waals surface area contributed by atoms with E-state index in [4.69, 9.17) is 0 Å². The van der Waals surface area contributed by atoms with Gasteiger partial charge in [-0.2, -0.15) is 0 Å². The number of aryl methyl sites for hydroxylation is 1. The quantitative estimate of drug-likeness (QED) is 0.631. The van der Waals surface area contributed by atoms with Gasteiger partial charge >= 0.3 is 0 Å². The van der Waals surface area contributed by atoms with E-state index in [0.717, 1.165) is 0 Å². The van der Waals surface area contributed by atoms with Crippen LogP contribution in [0.1, 0.15) is 18.4 Å². The third-order valence-corrected chi connectivity index (χ3v) is 2.80. The average Bonchev–Trinajstić information content (AvgIpc) is 2.59. The number of nitrogens with zero attached hydrogens (tertiary/aromatic N) is 1. The van der Waals surface area contributed by atoms with Gasteiger partial charge < -0.3 is 4.57 Å². The van der Waals surface area contributed by atoms with Gasteiger partial charge in [0.15, 0.2) is 0 Å². The van der Waals surface area contributed by atoms with Gasteiger partial charge in [0.25, 0.3) is 0 Å². The van der Waals surface area contributed by atoms with Gasteiger partial charge in [0.05, 0.1) is 0 Å². The van der Waals surface area contributed by atoms with Crippen molar-refractivity contribution in [2.24, 2.45) is 0 Å². The Bertz CT molecular complexity index is 445. The molecule has 0 spiro atoms. The van der Waals surface area contributed by atoms with E-state index in [1.807, 2.05) is 0 Å². The molecule has 14 heavy (non-hydrogen) atoms. The zero-order valence-electron chi connectivity index (χ0n) is 8.99. The maximum absolute atomic E-state index is 2.30. The summed E-state index contributed by atoms with van der Waals surface area (Å²) in [7, 11) is 2.21. The van der Waals surface area contributed by atoms with E-state index in [-0.39, 0.29) is 0 Å². The van der Waals surface area contributed by atoms with Gasteiger partial charge in [0, 0.05) is 11.7 Å². The van der Waals surface area contributed by atoms with Crippen molar-refractivity contribution < 1.29 is 0 Å². The molecule has 1 heterocycles. The van der Waals surface area contributed by atoms with Gasteiger partial charge in [-0.1, -0.05) is 25.4 Å². The minimum atomic E-state index is 0.468. The lowest BCUT2D eigenvalue weighted by Crippen LogP contribution is -2.08. The van der Waals surface area contributed by atoms with Crippen molar-refractivity contribution in [2.75, 3.05) is 0 Å². The molecule has 71 valence electrons. The summed E-state index contributed by atoms with van der Waals surface area (Å²) in [6.45, 7) is 6.44. The Labute approximate surface area is 86.0 Å². The van der Waals surface area contributed by atoms with Gasteiger partial charge in [-0.15, -0.1) is 0 Å². The lowest BCUT2D eigenvalue weighted by molar-refractivity contribution is 0.750. The van der Waals surface area contributed by atoms with Gasteiger partial charge in [-0.05, 0) is 36.5 Å². The maximum Gasteiger partial charge on any atom is 0.137 e. The van der Waals surface area contributed by atoms with Crippen LogP contribution in [-0.4, -0.2) is 11.8 Å². The Morgan fingerprint density at radius 1 is 1.29 bits per heavy atom. The average molecular weight is 184 g/mol. The van der Waals surface area contributed by atoms with Crippen LogP contribution in [0.4, 0.5) is 0 Å². The summed E-state index contributed by atoms with van der Waals surface area (Å²) in [4.78, 5) is 0. The fraction of sp³-hybridized carbons (Fsp3) is 0.333. The minimum absolute atomic E-state index is 0.468. The molecule has 0 fully saturated rings. The second-order valence-corrected chi connectivity index (χ2v) is 3.86. The fourth-order valence-electron chi connectivity index (χ4n) is 1.80. The van der Waals surface area contributed by atoms with Gasteiger partial charge in [0.1, 0.15) is 7.28 Å². The molecule has 2 aromatic rings. The Balaban J connectivity index is 2.58. The molecule has 1 aromatic carbocycles. The van der Waals surface area contributed by atoms with Crippen LogP contribution < -0.4 is 0 Å². The highest BCUT2D eigenvalue weighted by Crippen LogP contribution is 2.20. The molecule has 0 N–H and O–H groups in total. The van der Waals surface area contributed by atoms with E-state index in [0.29, 0.717) is 5.94 Å². The highest BCUT2D eigenvalue weighted by atomic mass is 15.0. The fourth-order valence-corrected chi connectivity index (χ4v) is 1.80. The molecule has 2 rings (SSSR count). The van der Waals surface area contributed by atoms with Crippen LogP contribution in [0.3, 0.4) is 0 Å². The maximum atomic E-state index is 2.30. The molecule has 1 nitrogen and oxygen atoms in total. The largest absolute Gasteiger partial charge is 0.353 e. The summed E-state index contributed by atoms with van der Waals surface area (Å²) < 4.78 is 2.30. The molecule has 1 unspecified atom stereocenters. The van der Waals surface area contributed by atoms with Crippen molar-refractivity contribution in [3.63, 3.8) is 0 Å². The molecule has 0 amide bonds. The highest BCUT2D eigenvalue weighted by molar-refractivity contribution is 6.34. The molecule has 0 aliphatic heterocycles. The molecular formula is C12H15BN. The topological polar surface area (TPSA) is 4.93 Å². The first kappa shape index (κ1) is 9.38. The normalized spacial score (nSPS) is 13.1. The minimum Gasteiger partial charge on any atom is -0.353 e. The molecule has 0 bridgehead atoms. The van der Waals surface area contributed by atoms with Gasteiger partial charge in [0.2, 0.25) is 0 Å². The zero-order valence-corrected chi connectivity index (χ0v) is 8.99. The first-order chi connectivity index (χ1) is 6.72. The number of benzene rings is 1. The van der Waals surface area contributed by atoms with Crippen molar-refractivity contribution in [2.45, 2.75) is 26.6 Å². The van der Waals surface area contributed by atoms with Crippen LogP contribution in [0.25, 0.3) is 10.9 Å². The second-order valence-electron chi connectivity index (χ2n) is 3.86. The van der Waals surface area contributed by atoms with E-state index in [9.17, 15) is 0 Å². The molecule has 0 aliphatic rings. The van der Waals surface area contributed by atoms with Crippen molar-refractivity contribution in [3.05, 3.63) is 36.0 Å². The molecule has 1 atom stereocenters. The van der Waals surface area contributed by atoms with Crippen LogP contribution in [0.15, 0.2) is 30.5 Å². The second kappa shape index (κ2) is 3.53. The number of rotatable bonds is 2. The number of fused-ring (bicyclic) bond motifs is 1. The molecule has 1 radical (unpaired) electrons. The summed E-state index contributed by atoms with van der Waals surface area (Å²) in [5.74, 6) is 0.468. The predicted octanol–water partition coefficient (Wildman–Crippen LogP) is 3.22. The van der Waals surface area contributed by atoms with Crippen LogP contribution in [0, 0.1) is 6.92 Å². The van der Waals surface area contributed by atoms with E-state index in [1.165, 1.54) is 16.5 Å². The molecule has 0 saturated heterocycles. The predicted molar refractivity (Wildman–Crippen MR) is 63.0 cm³/mol. The van der Waals surface area contributed by atoms with E-state index in [1.54, 1.807) is 0 Å². The third kappa shape index (κ3) is 1.45. The summed E-state index contributed by atoms with van der Waals surface area (Å²) >= 11 is 0. The lowest BCUT2D eigenvalue weighted by Gasteiger charge is -2.12. The molecular weight excluding hydrogens is 169 g/mol. The van der Waals surface area contributed by atoms with Crippen molar-refractivity contribution in [1.82, 2.24) is 4.57 Å². The summed E-state index contributed by atoms with van der Waals surface area (Å²) in [5.41, 5.74) is 2.64. The monoisotopic (exact) mass is 184 g/mol. The van der Waals surface area contributed by atoms with E-state index in [2.05, 4.69) is 63.0 Å². The Kier molecular flexibility index (Phi) is 2.36. The van der Waals surface area contributed by atoms with Crippen LogP contribution >= 0.6 is 0 Å². The van der Waals surface area contributed by atoms with Crippen LogP contribution in [0.2, 0.25) is 6.82 Å². The number of aromatic nitrogens is 1. The zero-order chi connectivity index (χ0) is 10.1. The van der Waals surface area contributed by atoms with Crippen molar-refractivity contribution in [3.8, 4) is 0 Å². The molecule has 1 aromatic heterocycles. The van der Waals surface area contributed by atoms with Gasteiger partial charge in [-0.3, -0.25) is 0 Å². The van der Waals surface area contributed by atoms with E-state index >= 15 is 0 Å². The first-order valence-corrected chi connectivity index (χ1v) is 5.09. The van der Waals surface area contributed by atoms with Crippen LogP contribution in [0.5, 0.6) is 0 Å². The van der Waals surface area contributed by atoms with E-state index < -0.39 is 0 Å². The van der Waals surface area contributed by atoms with Crippen molar-refractivity contribution in [1.29, 1.82) is 0 Å². The highest BCUT2D eigenvalue weighted by Gasteiger charge is 2.06. The van der Waals surface area contributed by atoms with Crippen LogP contribution in [-0.2, 0) is 0 Å². The Morgan fingerprint density at radius 3 is 2.79 bits per heavy atom. The summed E-state index contributed by atoms with van der Waals surface area (Å²) in [6.07, 6.45) is 2.16.